The van der Waals surface area contributed by atoms with Crippen molar-refractivity contribution in [3.8, 4) is 0 Å². The van der Waals surface area contributed by atoms with Crippen LogP contribution in [0, 0.1) is 15.4 Å². The summed E-state index contributed by atoms with van der Waals surface area (Å²) in [6.45, 7) is 4.56. The molecule has 1 N–H and O–H groups in total. The standard InChI is InChI=1S/C16H23IO/c1-12(2)14-4-3-9-16(18,11-14)10-13-5-7-15(17)8-6-13/h5-8,12,14,18H,3-4,9-11H2,1-2H3. The van der Waals surface area contributed by atoms with E-state index in [1.165, 1.54) is 22.0 Å². The van der Waals surface area contributed by atoms with E-state index in [0.717, 1.165) is 19.3 Å². The van der Waals surface area contributed by atoms with Gasteiger partial charge in [-0.3, -0.25) is 0 Å². The summed E-state index contributed by atoms with van der Waals surface area (Å²) in [4.78, 5) is 0. The number of benzene rings is 1. The minimum Gasteiger partial charge on any atom is -0.390 e. The van der Waals surface area contributed by atoms with Gasteiger partial charge in [-0.2, -0.15) is 0 Å². The Kier molecular flexibility index (Phi) is 4.70. The summed E-state index contributed by atoms with van der Waals surface area (Å²) in [6.07, 6.45) is 5.20. The van der Waals surface area contributed by atoms with E-state index in [4.69, 9.17) is 0 Å². The first-order valence-corrected chi connectivity index (χ1v) is 8.03. The summed E-state index contributed by atoms with van der Waals surface area (Å²) in [5.74, 6) is 1.38. The van der Waals surface area contributed by atoms with E-state index in [2.05, 4.69) is 60.7 Å². The van der Waals surface area contributed by atoms with Gasteiger partial charge in [0, 0.05) is 9.99 Å². The quantitative estimate of drug-likeness (QED) is 0.794. The number of rotatable bonds is 3. The minimum atomic E-state index is -0.472. The van der Waals surface area contributed by atoms with Crippen molar-refractivity contribution < 1.29 is 5.11 Å². The molecule has 1 aromatic carbocycles. The summed E-state index contributed by atoms with van der Waals surface area (Å²) < 4.78 is 1.26. The molecule has 1 nitrogen and oxygen atoms in total. The predicted octanol–water partition coefficient (Wildman–Crippen LogP) is 4.41. The van der Waals surface area contributed by atoms with Crippen LogP contribution in [0.3, 0.4) is 0 Å². The summed E-state index contributed by atoms with van der Waals surface area (Å²) in [5, 5.41) is 10.8. The Labute approximate surface area is 124 Å². The molecule has 1 aliphatic rings. The first-order valence-electron chi connectivity index (χ1n) is 6.95. The van der Waals surface area contributed by atoms with E-state index >= 15 is 0 Å². The maximum absolute atomic E-state index is 10.8. The Hall–Kier alpha value is -0.0900. The third-order valence-corrected chi connectivity index (χ3v) is 4.97. The fourth-order valence-corrected chi connectivity index (χ4v) is 3.46. The number of hydrogen-bond acceptors (Lipinski definition) is 1. The summed E-state index contributed by atoms with van der Waals surface area (Å²) in [5.41, 5.74) is 0.794. The third kappa shape index (κ3) is 3.70. The van der Waals surface area contributed by atoms with Gasteiger partial charge < -0.3 is 5.11 Å². The molecule has 0 heterocycles. The van der Waals surface area contributed by atoms with Gasteiger partial charge in [0.25, 0.3) is 0 Å². The Morgan fingerprint density at radius 3 is 2.61 bits per heavy atom. The van der Waals surface area contributed by atoms with Crippen LogP contribution in [0.5, 0.6) is 0 Å². The average molecular weight is 358 g/mol. The molecule has 100 valence electrons. The normalized spacial score (nSPS) is 28.6. The van der Waals surface area contributed by atoms with Gasteiger partial charge in [0.1, 0.15) is 0 Å². The van der Waals surface area contributed by atoms with E-state index in [-0.39, 0.29) is 0 Å². The van der Waals surface area contributed by atoms with Crippen molar-refractivity contribution in [2.45, 2.75) is 51.6 Å². The van der Waals surface area contributed by atoms with Crippen molar-refractivity contribution in [1.82, 2.24) is 0 Å². The summed E-state index contributed by atoms with van der Waals surface area (Å²) in [7, 11) is 0. The molecular formula is C16H23IO. The highest BCUT2D eigenvalue weighted by Gasteiger charge is 2.35. The molecule has 2 heteroatoms. The Morgan fingerprint density at radius 2 is 2.00 bits per heavy atom. The van der Waals surface area contributed by atoms with Crippen LogP contribution in [0.1, 0.15) is 45.1 Å². The molecule has 0 amide bonds. The Bertz CT molecular complexity index is 385. The maximum atomic E-state index is 10.8. The molecule has 1 saturated carbocycles. The lowest BCUT2D eigenvalue weighted by atomic mass is 9.71. The average Bonchev–Trinajstić information content (AvgIpc) is 2.32. The molecule has 0 radical (unpaired) electrons. The lowest BCUT2D eigenvalue weighted by Crippen LogP contribution is -2.38. The first kappa shape index (κ1) is 14.3. The molecule has 1 aliphatic carbocycles. The molecule has 0 aromatic heterocycles. The third-order valence-electron chi connectivity index (χ3n) is 4.25. The minimum absolute atomic E-state index is 0.472. The van der Waals surface area contributed by atoms with Crippen LogP contribution in [0.2, 0.25) is 0 Å². The second kappa shape index (κ2) is 5.91. The molecule has 1 aromatic rings. The summed E-state index contributed by atoms with van der Waals surface area (Å²) in [6, 6.07) is 8.56. The van der Waals surface area contributed by atoms with Crippen LogP contribution in [-0.4, -0.2) is 10.7 Å². The second-order valence-electron chi connectivity index (χ2n) is 6.13. The number of aliphatic hydroxyl groups is 1. The van der Waals surface area contributed by atoms with E-state index < -0.39 is 5.60 Å². The van der Waals surface area contributed by atoms with Crippen molar-refractivity contribution >= 4 is 22.6 Å². The van der Waals surface area contributed by atoms with Gasteiger partial charge in [-0.25, -0.2) is 0 Å². The molecule has 0 bridgehead atoms. The zero-order valence-electron chi connectivity index (χ0n) is 11.3. The smallest absolute Gasteiger partial charge is 0.0690 e. The lowest BCUT2D eigenvalue weighted by molar-refractivity contribution is -0.0239. The highest BCUT2D eigenvalue weighted by Crippen LogP contribution is 2.38. The molecule has 2 atom stereocenters. The van der Waals surface area contributed by atoms with Gasteiger partial charge in [-0.05, 0) is 71.4 Å². The highest BCUT2D eigenvalue weighted by atomic mass is 127. The van der Waals surface area contributed by atoms with E-state index in [9.17, 15) is 5.11 Å². The SMILES string of the molecule is CC(C)C1CCCC(O)(Cc2ccc(I)cc2)C1. The van der Waals surface area contributed by atoms with Crippen LogP contribution < -0.4 is 0 Å². The maximum Gasteiger partial charge on any atom is 0.0690 e. The molecule has 2 unspecified atom stereocenters. The van der Waals surface area contributed by atoms with Crippen LogP contribution in [0.25, 0.3) is 0 Å². The van der Waals surface area contributed by atoms with E-state index in [1.54, 1.807) is 0 Å². The predicted molar refractivity (Wildman–Crippen MR) is 84.6 cm³/mol. The fraction of sp³-hybridized carbons (Fsp3) is 0.625. The number of hydrogen-bond donors (Lipinski definition) is 1. The van der Waals surface area contributed by atoms with Gasteiger partial charge in [-0.15, -0.1) is 0 Å². The first-order chi connectivity index (χ1) is 8.48. The van der Waals surface area contributed by atoms with Gasteiger partial charge in [-0.1, -0.05) is 32.4 Å². The fourth-order valence-electron chi connectivity index (χ4n) is 3.10. The van der Waals surface area contributed by atoms with E-state index in [0.29, 0.717) is 11.8 Å². The molecular weight excluding hydrogens is 335 g/mol. The Balaban J connectivity index is 2.04. The van der Waals surface area contributed by atoms with Gasteiger partial charge >= 0.3 is 0 Å². The molecule has 0 saturated heterocycles. The summed E-state index contributed by atoms with van der Waals surface area (Å²) >= 11 is 2.32. The zero-order valence-corrected chi connectivity index (χ0v) is 13.5. The second-order valence-corrected chi connectivity index (χ2v) is 7.37. The van der Waals surface area contributed by atoms with Crippen LogP contribution in [0.15, 0.2) is 24.3 Å². The Morgan fingerprint density at radius 1 is 1.33 bits per heavy atom. The van der Waals surface area contributed by atoms with Crippen molar-refractivity contribution in [1.29, 1.82) is 0 Å². The van der Waals surface area contributed by atoms with Crippen molar-refractivity contribution in [3.63, 3.8) is 0 Å². The highest BCUT2D eigenvalue weighted by molar-refractivity contribution is 14.1. The van der Waals surface area contributed by atoms with Gasteiger partial charge in [0.15, 0.2) is 0 Å². The van der Waals surface area contributed by atoms with Gasteiger partial charge in [0.05, 0.1) is 5.60 Å². The molecule has 2 rings (SSSR count). The number of halogens is 1. The molecule has 0 spiro atoms. The lowest BCUT2D eigenvalue weighted by Gasteiger charge is -2.38. The zero-order chi connectivity index (χ0) is 13.2. The topological polar surface area (TPSA) is 20.2 Å². The van der Waals surface area contributed by atoms with E-state index in [1.807, 2.05) is 0 Å². The van der Waals surface area contributed by atoms with Crippen molar-refractivity contribution in [2.24, 2.45) is 11.8 Å². The molecule has 0 aliphatic heterocycles. The van der Waals surface area contributed by atoms with Crippen LogP contribution in [0.4, 0.5) is 0 Å². The monoisotopic (exact) mass is 358 g/mol. The van der Waals surface area contributed by atoms with Crippen molar-refractivity contribution in [2.75, 3.05) is 0 Å². The van der Waals surface area contributed by atoms with Crippen molar-refractivity contribution in [3.05, 3.63) is 33.4 Å². The van der Waals surface area contributed by atoms with Crippen LogP contribution in [-0.2, 0) is 6.42 Å². The van der Waals surface area contributed by atoms with Gasteiger partial charge in [0.2, 0.25) is 0 Å². The largest absolute Gasteiger partial charge is 0.390 e. The van der Waals surface area contributed by atoms with Crippen LogP contribution >= 0.6 is 22.6 Å². The molecule has 1 fully saturated rings. The molecule has 18 heavy (non-hydrogen) atoms.